The van der Waals surface area contributed by atoms with Gasteiger partial charge >= 0.3 is 0 Å². The van der Waals surface area contributed by atoms with Gasteiger partial charge in [0.15, 0.2) is 0 Å². The lowest BCUT2D eigenvalue weighted by molar-refractivity contribution is 0.583. The highest BCUT2D eigenvalue weighted by Crippen LogP contribution is 2.30. The summed E-state index contributed by atoms with van der Waals surface area (Å²) >= 11 is 1.74. The Morgan fingerprint density at radius 2 is 1.78 bits per heavy atom. The minimum Gasteiger partial charge on any atom is -0.237 e. The van der Waals surface area contributed by atoms with Gasteiger partial charge in [0.05, 0.1) is 10.2 Å². The molecule has 23 heavy (non-hydrogen) atoms. The van der Waals surface area contributed by atoms with Gasteiger partial charge < -0.3 is 0 Å². The van der Waals surface area contributed by atoms with E-state index in [-0.39, 0.29) is 5.41 Å². The number of thiazole rings is 1. The van der Waals surface area contributed by atoms with Gasteiger partial charge in [-0.3, -0.25) is 0 Å². The van der Waals surface area contributed by atoms with Gasteiger partial charge in [-0.2, -0.15) is 0 Å². The van der Waals surface area contributed by atoms with Crippen LogP contribution < -0.4 is 0 Å². The first-order chi connectivity index (χ1) is 11.0. The van der Waals surface area contributed by atoms with Crippen LogP contribution in [0.5, 0.6) is 0 Å². The Balaban J connectivity index is 1.99. The number of fused-ring (bicyclic) bond motifs is 1. The number of hydrogen-bond acceptors (Lipinski definition) is 2. The molecule has 0 aliphatic rings. The van der Waals surface area contributed by atoms with Gasteiger partial charge in [0.2, 0.25) is 0 Å². The van der Waals surface area contributed by atoms with Crippen molar-refractivity contribution < 1.29 is 0 Å². The van der Waals surface area contributed by atoms with Gasteiger partial charge in [-0.1, -0.05) is 64.1 Å². The van der Waals surface area contributed by atoms with E-state index in [9.17, 15) is 0 Å². The van der Waals surface area contributed by atoms with Crippen LogP contribution in [0.25, 0.3) is 22.4 Å². The first kappa shape index (κ1) is 15.9. The topological polar surface area (TPSA) is 12.9 Å². The van der Waals surface area contributed by atoms with Crippen LogP contribution in [0.15, 0.2) is 42.5 Å². The summed E-state index contributed by atoms with van der Waals surface area (Å²) in [6.07, 6.45) is 5.41. The quantitative estimate of drug-likeness (QED) is 0.549. The Morgan fingerprint density at radius 3 is 2.48 bits per heavy atom. The van der Waals surface area contributed by atoms with Crippen LogP contribution in [-0.4, -0.2) is 4.98 Å². The Hall–Kier alpha value is -1.93. The molecule has 0 unspecified atom stereocenters. The standard InChI is InChI=1S/C21H23NS/c1-5-16-15(9-8-10-17(16)21(2,3)4)13-14-20-22-18-11-6-7-12-19(18)23-20/h6-14H,5H2,1-4H3/b14-13+. The lowest BCUT2D eigenvalue weighted by Crippen LogP contribution is -2.14. The summed E-state index contributed by atoms with van der Waals surface area (Å²) < 4.78 is 1.24. The second-order valence-electron chi connectivity index (χ2n) is 6.83. The average Bonchev–Trinajstić information content (AvgIpc) is 2.94. The molecule has 0 saturated heterocycles. The minimum atomic E-state index is 0.172. The number of aromatic nitrogens is 1. The average molecular weight is 321 g/mol. The fourth-order valence-electron chi connectivity index (χ4n) is 2.98. The van der Waals surface area contributed by atoms with Crippen molar-refractivity contribution in [3.63, 3.8) is 0 Å². The number of rotatable bonds is 3. The molecule has 2 aromatic carbocycles. The van der Waals surface area contributed by atoms with E-state index in [1.54, 1.807) is 11.3 Å². The van der Waals surface area contributed by atoms with E-state index >= 15 is 0 Å². The lowest BCUT2D eigenvalue weighted by atomic mass is 9.81. The summed E-state index contributed by atoms with van der Waals surface area (Å²) in [4.78, 5) is 4.69. The molecule has 118 valence electrons. The second-order valence-corrected chi connectivity index (χ2v) is 7.89. The molecule has 0 amide bonds. The zero-order valence-electron chi connectivity index (χ0n) is 14.3. The van der Waals surface area contributed by atoms with Crippen LogP contribution in [0, 0.1) is 0 Å². The van der Waals surface area contributed by atoms with Crippen molar-refractivity contribution in [2.24, 2.45) is 0 Å². The van der Waals surface area contributed by atoms with Crippen molar-refractivity contribution in [1.82, 2.24) is 4.98 Å². The molecule has 0 atom stereocenters. The Bertz CT molecular complexity index is 817. The van der Waals surface area contributed by atoms with E-state index < -0.39 is 0 Å². The highest BCUT2D eigenvalue weighted by atomic mass is 32.1. The molecule has 3 aromatic rings. The predicted molar refractivity (Wildman–Crippen MR) is 103 cm³/mol. The van der Waals surface area contributed by atoms with Crippen molar-refractivity contribution in [3.8, 4) is 0 Å². The van der Waals surface area contributed by atoms with Crippen LogP contribution in [0.4, 0.5) is 0 Å². The van der Waals surface area contributed by atoms with Crippen molar-refractivity contribution in [1.29, 1.82) is 0 Å². The zero-order valence-corrected chi connectivity index (χ0v) is 15.1. The fraction of sp³-hybridized carbons (Fsp3) is 0.286. The molecule has 1 heterocycles. The third kappa shape index (κ3) is 3.37. The highest BCUT2D eigenvalue weighted by Gasteiger charge is 2.18. The lowest BCUT2D eigenvalue weighted by Gasteiger charge is -2.24. The first-order valence-electron chi connectivity index (χ1n) is 8.15. The van der Waals surface area contributed by atoms with E-state index in [4.69, 9.17) is 0 Å². The van der Waals surface area contributed by atoms with Crippen molar-refractivity contribution in [3.05, 3.63) is 64.2 Å². The van der Waals surface area contributed by atoms with Crippen LogP contribution in [0.1, 0.15) is 49.4 Å². The number of benzene rings is 2. The number of nitrogens with zero attached hydrogens (tertiary/aromatic N) is 1. The molecule has 0 fully saturated rings. The maximum Gasteiger partial charge on any atom is 0.117 e. The molecule has 0 aliphatic heterocycles. The zero-order chi connectivity index (χ0) is 16.4. The highest BCUT2D eigenvalue weighted by molar-refractivity contribution is 7.19. The summed E-state index contributed by atoms with van der Waals surface area (Å²) in [6, 6.07) is 14.9. The summed E-state index contributed by atoms with van der Waals surface area (Å²) in [5, 5.41) is 1.06. The predicted octanol–water partition coefficient (Wildman–Crippen LogP) is 6.33. The van der Waals surface area contributed by atoms with Gasteiger partial charge in [0.25, 0.3) is 0 Å². The summed E-state index contributed by atoms with van der Waals surface area (Å²) in [7, 11) is 0. The van der Waals surface area contributed by atoms with Gasteiger partial charge in [-0.15, -0.1) is 11.3 Å². The van der Waals surface area contributed by atoms with Crippen LogP contribution in [0.3, 0.4) is 0 Å². The Morgan fingerprint density at radius 1 is 1.00 bits per heavy atom. The van der Waals surface area contributed by atoms with Gasteiger partial charge in [0.1, 0.15) is 5.01 Å². The molecular formula is C21H23NS. The molecule has 1 aromatic heterocycles. The molecule has 0 bridgehead atoms. The van der Waals surface area contributed by atoms with Crippen molar-refractivity contribution >= 4 is 33.7 Å². The van der Waals surface area contributed by atoms with E-state index in [0.717, 1.165) is 16.9 Å². The molecular weight excluding hydrogens is 298 g/mol. The normalized spacial score (nSPS) is 12.3. The van der Waals surface area contributed by atoms with Crippen molar-refractivity contribution in [2.75, 3.05) is 0 Å². The van der Waals surface area contributed by atoms with Crippen LogP contribution in [0.2, 0.25) is 0 Å². The second kappa shape index (κ2) is 6.29. The molecule has 0 spiro atoms. The molecule has 0 aliphatic carbocycles. The van der Waals surface area contributed by atoms with E-state index in [1.807, 2.05) is 6.07 Å². The Kier molecular flexibility index (Phi) is 4.36. The molecule has 0 saturated carbocycles. The van der Waals surface area contributed by atoms with Gasteiger partial charge in [0, 0.05) is 0 Å². The first-order valence-corrected chi connectivity index (χ1v) is 8.96. The molecule has 3 rings (SSSR count). The maximum absolute atomic E-state index is 4.69. The van der Waals surface area contributed by atoms with E-state index in [2.05, 4.69) is 81.2 Å². The summed E-state index contributed by atoms with van der Waals surface area (Å²) in [6.45, 7) is 9.08. The van der Waals surface area contributed by atoms with Crippen LogP contribution in [-0.2, 0) is 11.8 Å². The summed E-state index contributed by atoms with van der Waals surface area (Å²) in [5.74, 6) is 0. The maximum atomic E-state index is 4.69. The SMILES string of the molecule is CCc1c(/C=C/c2nc3ccccc3s2)cccc1C(C)(C)C. The monoisotopic (exact) mass is 321 g/mol. The molecule has 0 N–H and O–H groups in total. The van der Waals surface area contributed by atoms with Crippen LogP contribution >= 0.6 is 11.3 Å². The van der Waals surface area contributed by atoms with E-state index in [0.29, 0.717) is 0 Å². The smallest absolute Gasteiger partial charge is 0.117 e. The third-order valence-electron chi connectivity index (χ3n) is 4.09. The molecule has 1 nitrogen and oxygen atoms in total. The van der Waals surface area contributed by atoms with Gasteiger partial charge in [-0.05, 0) is 46.7 Å². The summed E-state index contributed by atoms with van der Waals surface area (Å²) in [5.41, 5.74) is 5.43. The minimum absolute atomic E-state index is 0.172. The molecule has 0 radical (unpaired) electrons. The van der Waals surface area contributed by atoms with Crippen molar-refractivity contribution in [2.45, 2.75) is 39.5 Å². The Labute approximate surface area is 142 Å². The third-order valence-corrected chi connectivity index (χ3v) is 5.09. The number of para-hydroxylation sites is 1. The van der Waals surface area contributed by atoms with Gasteiger partial charge in [-0.25, -0.2) is 4.98 Å². The van der Waals surface area contributed by atoms with E-state index in [1.165, 1.54) is 21.4 Å². The largest absolute Gasteiger partial charge is 0.237 e. The molecule has 2 heteroatoms. The fourth-order valence-corrected chi connectivity index (χ4v) is 3.85. The number of hydrogen-bond donors (Lipinski definition) is 0.